The second-order valence-corrected chi connectivity index (χ2v) is 4.24. The van der Waals surface area contributed by atoms with Gasteiger partial charge in [-0.05, 0) is 6.07 Å². The molecule has 0 spiro atoms. The second kappa shape index (κ2) is 5.37. The van der Waals surface area contributed by atoms with E-state index in [0.717, 1.165) is 11.0 Å². The molecule has 2 N–H and O–H groups in total. The molecule has 1 aromatic rings. The molecular formula is C11H11F2N3O4. The number of piperazine rings is 1. The Morgan fingerprint density at radius 2 is 2.20 bits per heavy atom. The molecule has 0 amide bonds. The SMILES string of the molecule is O=C(O)C1CNCCN1c1c([N+](=O)[O-])ccc(F)c1F. The molecule has 0 aromatic heterocycles. The number of anilines is 1. The van der Waals surface area contributed by atoms with Crippen molar-refractivity contribution >= 4 is 17.3 Å². The first-order chi connectivity index (χ1) is 9.43. The van der Waals surface area contributed by atoms with E-state index in [4.69, 9.17) is 5.11 Å². The normalized spacial score (nSPS) is 18.9. The summed E-state index contributed by atoms with van der Waals surface area (Å²) in [5.74, 6) is -3.93. The second-order valence-electron chi connectivity index (χ2n) is 4.24. The Labute approximate surface area is 111 Å². The maximum atomic E-state index is 13.9. The average Bonchev–Trinajstić information content (AvgIpc) is 2.41. The predicted molar refractivity (Wildman–Crippen MR) is 64.7 cm³/mol. The Morgan fingerprint density at radius 1 is 1.50 bits per heavy atom. The van der Waals surface area contributed by atoms with E-state index < -0.39 is 39.9 Å². The van der Waals surface area contributed by atoms with Gasteiger partial charge in [0, 0.05) is 25.7 Å². The van der Waals surface area contributed by atoms with E-state index in [1.54, 1.807) is 0 Å². The van der Waals surface area contributed by atoms with Gasteiger partial charge < -0.3 is 15.3 Å². The van der Waals surface area contributed by atoms with Crippen molar-refractivity contribution in [2.45, 2.75) is 6.04 Å². The molecule has 108 valence electrons. The first-order valence-electron chi connectivity index (χ1n) is 5.76. The zero-order chi connectivity index (χ0) is 14.9. The van der Waals surface area contributed by atoms with Crippen LogP contribution in [0.5, 0.6) is 0 Å². The molecular weight excluding hydrogens is 276 g/mol. The molecule has 1 atom stereocenters. The Balaban J connectivity index is 2.56. The minimum Gasteiger partial charge on any atom is -0.480 e. The summed E-state index contributed by atoms with van der Waals surface area (Å²) in [6, 6.07) is 0.280. The molecule has 1 unspecified atom stereocenters. The Morgan fingerprint density at radius 3 is 2.80 bits per heavy atom. The summed E-state index contributed by atoms with van der Waals surface area (Å²) < 4.78 is 27.2. The number of carbonyl (C=O) groups is 1. The number of carboxylic acid groups (broad SMARTS) is 1. The number of nitrogens with one attached hydrogen (secondary N) is 1. The van der Waals surface area contributed by atoms with Gasteiger partial charge in [-0.25, -0.2) is 13.6 Å². The maximum Gasteiger partial charge on any atom is 0.327 e. The molecule has 9 heteroatoms. The van der Waals surface area contributed by atoms with Crippen LogP contribution in [0.25, 0.3) is 0 Å². The number of carboxylic acids is 1. The van der Waals surface area contributed by atoms with Crippen LogP contribution in [0.2, 0.25) is 0 Å². The number of halogens is 2. The summed E-state index contributed by atoms with van der Waals surface area (Å²) in [5.41, 5.74) is -1.28. The van der Waals surface area contributed by atoms with Crippen LogP contribution >= 0.6 is 0 Å². The molecule has 0 saturated carbocycles. The van der Waals surface area contributed by atoms with Crippen molar-refractivity contribution in [1.82, 2.24) is 5.32 Å². The van der Waals surface area contributed by atoms with Gasteiger partial charge in [-0.3, -0.25) is 10.1 Å². The summed E-state index contributed by atoms with van der Waals surface area (Å²) in [6.07, 6.45) is 0. The molecule has 1 heterocycles. The predicted octanol–water partition coefficient (Wildman–Crippen LogP) is 0.736. The van der Waals surface area contributed by atoms with Gasteiger partial charge in [0.05, 0.1) is 4.92 Å². The molecule has 0 bridgehead atoms. The summed E-state index contributed by atoms with van der Waals surface area (Å²) in [7, 11) is 0. The van der Waals surface area contributed by atoms with Gasteiger partial charge in [-0.1, -0.05) is 0 Å². The Kier molecular flexibility index (Phi) is 3.79. The standard InChI is InChI=1S/C11H11F2N3O4/c12-6-1-2-7(16(19)20)10(9(6)13)15-4-3-14-5-8(15)11(17)18/h1-2,8,14H,3-5H2,(H,17,18). The highest BCUT2D eigenvalue weighted by molar-refractivity contribution is 5.81. The molecule has 1 aromatic carbocycles. The number of aliphatic carboxylic acids is 1. The molecule has 0 radical (unpaired) electrons. The highest BCUT2D eigenvalue weighted by atomic mass is 19.2. The molecule has 2 rings (SSSR count). The lowest BCUT2D eigenvalue weighted by atomic mass is 10.1. The molecule has 1 aliphatic rings. The van der Waals surface area contributed by atoms with Crippen LogP contribution in [-0.4, -0.2) is 41.7 Å². The van der Waals surface area contributed by atoms with Crippen molar-refractivity contribution in [1.29, 1.82) is 0 Å². The van der Waals surface area contributed by atoms with Crippen LogP contribution in [0.15, 0.2) is 12.1 Å². The Bertz CT molecular complexity index is 567. The first-order valence-corrected chi connectivity index (χ1v) is 5.76. The number of nitro benzene ring substituents is 1. The highest BCUT2D eigenvalue weighted by Gasteiger charge is 2.35. The summed E-state index contributed by atoms with van der Waals surface area (Å²) in [4.78, 5) is 22.2. The van der Waals surface area contributed by atoms with Crippen LogP contribution in [0.3, 0.4) is 0 Å². The molecule has 1 aliphatic heterocycles. The molecule has 7 nitrogen and oxygen atoms in total. The van der Waals surface area contributed by atoms with Crippen molar-refractivity contribution < 1.29 is 23.6 Å². The van der Waals surface area contributed by atoms with Gasteiger partial charge in [0.1, 0.15) is 6.04 Å². The third-order valence-electron chi connectivity index (χ3n) is 3.06. The van der Waals surface area contributed by atoms with E-state index in [-0.39, 0.29) is 13.1 Å². The van der Waals surface area contributed by atoms with Crippen LogP contribution in [0, 0.1) is 21.7 Å². The van der Waals surface area contributed by atoms with Gasteiger partial charge in [-0.2, -0.15) is 0 Å². The topological polar surface area (TPSA) is 95.7 Å². The van der Waals surface area contributed by atoms with Crippen molar-refractivity contribution in [3.05, 3.63) is 33.9 Å². The van der Waals surface area contributed by atoms with Crippen molar-refractivity contribution in [3.63, 3.8) is 0 Å². The van der Waals surface area contributed by atoms with Gasteiger partial charge >= 0.3 is 5.97 Å². The molecule has 1 saturated heterocycles. The van der Waals surface area contributed by atoms with Gasteiger partial charge in [-0.15, -0.1) is 0 Å². The lowest BCUT2D eigenvalue weighted by Crippen LogP contribution is -2.55. The fourth-order valence-corrected chi connectivity index (χ4v) is 2.14. The zero-order valence-electron chi connectivity index (χ0n) is 10.2. The van der Waals surface area contributed by atoms with E-state index >= 15 is 0 Å². The van der Waals surface area contributed by atoms with Crippen LogP contribution < -0.4 is 10.2 Å². The minimum atomic E-state index is -1.41. The lowest BCUT2D eigenvalue weighted by Gasteiger charge is -2.34. The summed E-state index contributed by atoms with van der Waals surface area (Å²) in [5, 5.41) is 22.8. The third-order valence-corrected chi connectivity index (χ3v) is 3.06. The first kappa shape index (κ1) is 14.1. The fourth-order valence-electron chi connectivity index (χ4n) is 2.14. The highest BCUT2D eigenvalue weighted by Crippen LogP contribution is 2.34. The number of nitrogens with zero attached hydrogens (tertiary/aromatic N) is 2. The third kappa shape index (κ3) is 2.39. The number of hydrogen-bond donors (Lipinski definition) is 2. The minimum absolute atomic E-state index is 0.0115. The van der Waals surface area contributed by atoms with Crippen LogP contribution in [0.4, 0.5) is 20.2 Å². The lowest BCUT2D eigenvalue weighted by molar-refractivity contribution is -0.384. The largest absolute Gasteiger partial charge is 0.480 e. The van der Waals surface area contributed by atoms with Gasteiger partial charge in [0.2, 0.25) is 0 Å². The number of nitro groups is 1. The zero-order valence-corrected chi connectivity index (χ0v) is 10.2. The summed E-state index contributed by atoms with van der Waals surface area (Å²) in [6.45, 7) is 0.331. The number of hydrogen-bond acceptors (Lipinski definition) is 5. The van der Waals surface area contributed by atoms with Gasteiger partial charge in [0.15, 0.2) is 17.3 Å². The van der Waals surface area contributed by atoms with Gasteiger partial charge in [0.25, 0.3) is 5.69 Å². The molecule has 0 aliphatic carbocycles. The smallest absolute Gasteiger partial charge is 0.327 e. The monoisotopic (exact) mass is 287 g/mol. The van der Waals surface area contributed by atoms with E-state index in [0.29, 0.717) is 12.6 Å². The average molecular weight is 287 g/mol. The van der Waals surface area contributed by atoms with Crippen molar-refractivity contribution in [2.75, 3.05) is 24.5 Å². The van der Waals surface area contributed by atoms with E-state index in [1.807, 2.05) is 0 Å². The van der Waals surface area contributed by atoms with E-state index in [2.05, 4.69) is 5.32 Å². The summed E-state index contributed by atoms with van der Waals surface area (Å²) >= 11 is 0. The van der Waals surface area contributed by atoms with Crippen LogP contribution in [-0.2, 0) is 4.79 Å². The van der Waals surface area contributed by atoms with Crippen molar-refractivity contribution in [3.8, 4) is 0 Å². The number of benzene rings is 1. The molecule has 1 fully saturated rings. The molecule has 20 heavy (non-hydrogen) atoms. The quantitative estimate of drug-likeness (QED) is 0.628. The number of rotatable bonds is 3. The Hall–Kier alpha value is -2.29. The van der Waals surface area contributed by atoms with E-state index in [9.17, 15) is 23.7 Å². The van der Waals surface area contributed by atoms with E-state index in [1.165, 1.54) is 0 Å². The van der Waals surface area contributed by atoms with Crippen molar-refractivity contribution in [2.24, 2.45) is 0 Å². The fraction of sp³-hybridized carbons (Fsp3) is 0.364. The maximum absolute atomic E-state index is 13.9. The van der Waals surface area contributed by atoms with Crippen LogP contribution in [0.1, 0.15) is 0 Å².